The molecule has 0 radical (unpaired) electrons. The minimum absolute atomic E-state index is 0.111. The normalized spacial score (nSPS) is 10.3. The van der Waals surface area contributed by atoms with E-state index in [0.29, 0.717) is 5.56 Å². The molecule has 106 valence electrons. The zero-order chi connectivity index (χ0) is 14.3. The van der Waals surface area contributed by atoms with Gasteiger partial charge in [0.1, 0.15) is 0 Å². The zero-order valence-electron chi connectivity index (χ0n) is 11.5. The van der Waals surface area contributed by atoms with Gasteiger partial charge in [-0.3, -0.25) is 4.79 Å². The molecule has 1 rings (SSSR count). The maximum Gasteiger partial charge on any atom is 0.254 e. The number of aliphatic hydroxyl groups is 2. The maximum atomic E-state index is 12.2. The van der Waals surface area contributed by atoms with Crippen LogP contribution in [0, 0.1) is 6.92 Å². The fourth-order valence-corrected chi connectivity index (χ4v) is 1.92. The minimum atomic E-state index is -0.172. The van der Waals surface area contributed by atoms with E-state index in [-0.39, 0.29) is 32.2 Å². The van der Waals surface area contributed by atoms with Crippen LogP contribution in [0.2, 0.25) is 0 Å². The van der Waals surface area contributed by atoms with Crippen LogP contribution < -0.4 is 5.32 Å². The van der Waals surface area contributed by atoms with Gasteiger partial charge in [-0.05, 0) is 37.6 Å². The second kappa shape index (κ2) is 7.76. The molecule has 0 saturated carbocycles. The first-order valence-corrected chi connectivity index (χ1v) is 6.49. The summed E-state index contributed by atoms with van der Waals surface area (Å²) in [5, 5.41) is 21.1. The molecule has 0 saturated heterocycles. The first-order chi connectivity index (χ1) is 9.13. The van der Waals surface area contributed by atoms with Gasteiger partial charge in [-0.1, -0.05) is 0 Å². The number of nitrogens with one attached hydrogen (secondary N) is 1. The highest BCUT2D eigenvalue weighted by Crippen LogP contribution is 2.17. The van der Waals surface area contributed by atoms with Crippen LogP contribution in [-0.2, 0) is 0 Å². The highest BCUT2D eigenvalue weighted by molar-refractivity contribution is 5.95. The fourth-order valence-electron chi connectivity index (χ4n) is 1.92. The Bertz CT molecular complexity index is 415. The van der Waals surface area contributed by atoms with Crippen LogP contribution in [0.15, 0.2) is 18.2 Å². The summed E-state index contributed by atoms with van der Waals surface area (Å²) < 4.78 is 0. The molecule has 0 spiro atoms. The van der Waals surface area contributed by atoms with E-state index in [2.05, 4.69) is 5.32 Å². The van der Waals surface area contributed by atoms with Crippen molar-refractivity contribution < 1.29 is 15.0 Å². The van der Waals surface area contributed by atoms with Gasteiger partial charge >= 0.3 is 0 Å². The van der Waals surface area contributed by atoms with E-state index >= 15 is 0 Å². The van der Waals surface area contributed by atoms with Crippen molar-refractivity contribution in [2.75, 3.05) is 38.2 Å². The third-order valence-corrected chi connectivity index (χ3v) is 2.87. The molecule has 0 fully saturated rings. The van der Waals surface area contributed by atoms with Crippen molar-refractivity contribution in [2.24, 2.45) is 0 Å². The van der Waals surface area contributed by atoms with E-state index in [1.165, 1.54) is 4.90 Å². The number of amides is 1. The predicted octanol–water partition coefficient (Wildman–Crippen LogP) is 0.854. The number of anilines is 1. The molecule has 0 unspecified atom stereocenters. The summed E-state index contributed by atoms with van der Waals surface area (Å²) in [6, 6.07) is 5.46. The van der Waals surface area contributed by atoms with E-state index in [9.17, 15) is 4.79 Å². The van der Waals surface area contributed by atoms with Crippen LogP contribution in [0.3, 0.4) is 0 Å². The monoisotopic (exact) mass is 266 g/mol. The first-order valence-electron chi connectivity index (χ1n) is 6.49. The number of hydrogen-bond acceptors (Lipinski definition) is 4. The number of benzene rings is 1. The third kappa shape index (κ3) is 4.22. The molecule has 1 aromatic carbocycles. The molecular weight excluding hydrogens is 244 g/mol. The number of nitrogens with zero attached hydrogens (tertiary/aromatic N) is 1. The van der Waals surface area contributed by atoms with Crippen molar-refractivity contribution in [3.05, 3.63) is 29.3 Å². The molecule has 0 aromatic heterocycles. The summed E-state index contributed by atoms with van der Waals surface area (Å²) in [6.07, 6.45) is 0. The molecule has 5 nitrogen and oxygen atoms in total. The van der Waals surface area contributed by atoms with Gasteiger partial charge in [0.2, 0.25) is 0 Å². The largest absolute Gasteiger partial charge is 0.395 e. The van der Waals surface area contributed by atoms with Gasteiger partial charge in [-0.25, -0.2) is 0 Å². The molecule has 19 heavy (non-hydrogen) atoms. The second-order valence-corrected chi connectivity index (χ2v) is 4.30. The number of rotatable bonds is 7. The summed E-state index contributed by atoms with van der Waals surface area (Å²) in [5.41, 5.74) is 2.58. The van der Waals surface area contributed by atoms with Crippen molar-refractivity contribution >= 4 is 11.6 Å². The summed E-state index contributed by atoms with van der Waals surface area (Å²) >= 11 is 0. The van der Waals surface area contributed by atoms with Crippen molar-refractivity contribution in [1.82, 2.24) is 4.90 Å². The Balaban J connectivity index is 2.88. The first kappa shape index (κ1) is 15.5. The van der Waals surface area contributed by atoms with Crippen molar-refractivity contribution in [2.45, 2.75) is 13.8 Å². The van der Waals surface area contributed by atoms with E-state index in [1.54, 1.807) is 6.07 Å². The molecule has 0 aliphatic carbocycles. The molecule has 0 aliphatic rings. The number of carbonyl (C=O) groups is 1. The lowest BCUT2D eigenvalue weighted by molar-refractivity contribution is 0.0685. The summed E-state index contributed by atoms with van der Waals surface area (Å²) in [7, 11) is 0. The summed E-state index contributed by atoms with van der Waals surface area (Å²) in [6.45, 7) is 5.02. The van der Waals surface area contributed by atoms with Crippen molar-refractivity contribution in [3.63, 3.8) is 0 Å². The number of hydrogen-bond donors (Lipinski definition) is 3. The minimum Gasteiger partial charge on any atom is -0.395 e. The quantitative estimate of drug-likeness (QED) is 0.684. The molecule has 1 amide bonds. The lowest BCUT2D eigenvalue weighted by atomic mass is 10.1. The Labute approximate surface area is 113 Å². The molecular formula is C14H22N2O3. The molecule has 0 atom stereocenters. The SMILES string of the molecule is CCNc1ccc(C(=O)N(CCO)CCO)cc1C. The average molecular weight is 266 g/mol. The van der Waals surface area contributed by atoms with Crippen LogP contribution in [0.25, 0.3) is 0 Å². The fraction of sp³-hybridized carbons (Fsp3) is 0.500. The van der Waals surface area contributed by atoms with Crippen LogP contribution in [0.1, 0.15) is 22.8 Å². The summed E-state index contributed by atoms with van der Waals surface area (Å²) in [5.74, 6) is -0.172. The second-order valence-electron chi connectivity index (χ2n) is 4.30. The Morgan fingerprint density at radius 3 is 2.37 bits per heavy atom. The molecule has 1 aromatic rings. The summed E-state index contributed by atoms with van der Waals surface area (Å²) in [4.78, 5) is 13.7. The van der Waals surface area contributed by atoms with Gasteiger partial charge in [0.15, 0.2) is 0 Å². The van der Waals surface area contributed by atoms with Gasteiger partial charge in [-0.15, -0.1) is 0 Å². The van der Waals surface area contributed by atoms with E-state index in [4.69, 9.17) is 10.2 Å². The molecule has 0 heterocycles. The molecule has 0 aliphatic heterocycles. The van der Waals surface area contributed by atoms with Crippen LogP contribution in [-0.4, -0.2) is 53.9 Å². The van der Waals surface area contributed by atoms with Gasteiger partial charge < -0.3 is 20.4 Å². The highest BCUT2D eigenvalue weighted by atomic mass is 16.3. The maximum absolute atomic E-state index is 12.2. The number of aliphatic hydroxyl groups excluding tert-OH is 2. The van der Waals surface area contributed by atoms with Crippen LogP contribution in [0.4, 0.5) is 5.69 Å². The molecule has 5 heteroatoms. The Morgan fingerprint density at radius 1 is 1.26 bits per heavy atom. The van der Waals surface area contributed by atoms with Gasteiger partial charge in [-0.2, -0.15) is 0 Å². The predicted molar refractivity (Wildman–Crippen MR) is 75.4 cm³/mol. The molecule has 0 bridgehead atoms. The van der Waals surface area contributed by atoms with E-state index in [1.807, 2.05) is 26.0 Å². The standard InChI is InChI=1S/C14H22N2O3/c1-3-15-13-5-4-12(10-11(13)2)14(19)16(6-8-17)7-9-18/h4-5,10,15,17-18H,3,6-9H2,1-2H3. The number of aryl methyl sites for hydroxylation is 1. The van der Waals surface area contributed by atoms with Gasteiger partial charge in [0.25, 0.3) is 5.91 Å². The van der Waals surface area contributed by atoms with Crippen molar-refractivity contribution in [1.29, 1.82) is 0 Å². The van der Waals surface area contributed by atoms with Gasteiger partial charge in [0, 0.05) is 30.9 Å². The van der Waals surface area contributed by atoms with Crippen molar-refractivity contribution in [3.8, 4) is 0 Å². The lowest BCUT2D eigenvalue weighted by Gasteiger charge is -2.21. The smallest absolute Gasteiger partial charge is 0.254 e. The lowest BCUT2D eigenvalue weighted by Crippen LogP contribution is -2.35. The highest BCUT2D eigenvalue weighted by Gasteiger charge is 2.15. The van der Waals surface area contributed by atoms with E-state index in [0.717, 1.165) is 17.8 Å². The van der Waals surface area contributed by atoms with Crippen LogP contribution >= 0.6 is 0 Å². The van der Waals surface area contributed by atoms with Gasteiger partial charge in [0.05, 0.1) is 13.2 Å². The average Bonchev–Trinajstić information content (AvgIpc) is 2.40. The third-order valence-electron chi connectivity index (χ3n) is 2.87. The Hall–Kier alpha value is -1.59. The van der Waals surface area contributed by atoms with E-state index < -0.39 is 0 Å². The molecule has 3 N–H and O–H groups in total. The Morgan fingerprint density at radius 2 is 1.89 bits per heavy atom. The Kier molecular flexibility index (Phi) is 6.32. The topological polar surface area (TPSA) is 72.8 Å². The zero-order valence-corrected chi connectivity index (χ0v) is 11.5. The van der Waals surface area contributed by atoms with Crippen LogP contribution in [0.5, 0.6) is 0 Å². The number of carbonyl (C=O) groups excluding carboxylic acids is 1.